The number of hydrogen-bond acceptors (Lipinski definition) is 0. The monoisotopic (exact) mass is 234 g/mol. The number of allylic oxidation sites excluding steroid dienone is 4. The first-order chi connectivity index (χ1) is 5.95. The molecule has 0 amide bonds. The zero-order valence-electron chi connectivity index (χ0n) is 8.62. The van der Waals surface area contributed by atoms with Crippen LogP contribution in [0.2, 0.25) is 6.04 Å². The van der Waals surface area contributed by atoms with E-state index < -0.39 is 7.42 Å². The first kappa shape index (κ1) is 11.4. The van der Waals surface area contributed by atoms with Gasteiger partial charge >= 0.3 is 0 Å². The van der Waals surface area contributed by atoms with Crippen LogP contribution in [0.15, 0.2) is 22.3 Å². The number of halogens is 2. The van der Waals surface area contributed by atoms with Crippen molar-refractivity contribution in [1.82, 2.24) is 0 Å². The van der Waals surface area contributed by atoms with Gasteiger partial charge in [-0.3, -0.25) is 0 Å². The van der Waals surface area contributed by atoms with Crippen LogP contribution < -0.4 is 0 Å². The lowest BCUT2D eigenvalue weighted by Gasteiger charge is -2.14. The standard InChI is InChI=1S/C10H16Cl2Si/c1-6-7(2)9(4)10(8(6)3)5-13(11)12/h10,13H,5H2,1-4H3. The normalized spacial score (nSPS) is 19.6. The zero-order chi connectivity index (χ0) is 10.2. The van der Waals surface area contributed by atoms with Crippen LogP contribution in [-0.4, -0.2) is 7.42 Å². The van der Waals surface area contributed by atoms with E-state index in [9.17, 15) is 0 Å². The molecule has 0 unspecified atom stereocenters. The van der Waals surface area contributed by atoms with Crippen LogP contribution >= 0.6 is 22.2 Å². The average Bonchev–Trinajstić information content (AvgIpc) is 2.22. The highest BCUT2D eigenvalue weighted by atomic mass is 35.7. The largest absolute Gasteiger partial charge is 0.237 e. The van der Waals surface area contributed by atoms with E-state index in [0.717, 1.165) is 6.04 Å². The molecule has 0 aromatic heterocycles. The summed E-state index contributed by atoms with van der Waals surface area (Å²) in [6.07, 6.45) is 0. The minimum absolute atomic E-state index is 0.534. The second-order valence-electron chi connectivity index (χ2n) is 3.80. The van der Waals surface area contributed by atoms with E-state index in [2.05, 4.69) is 27.7 Å². The van der Waals surface area contributed by atoms with Crippen LogP contribution in [0.5, 0.6) is 0 Å². The van der Waals surface area contributed by atoms with Crippen molar-refractivity contribution in [3.63, 3.8) is 0 Å². The Morgan fingerprint density at radius 1 is 1.00 bits per heavy atom. The van der Waals surface area contributed by atoms with Crippen LogP contribution in [0.25, 0.3) is 0 Å². The van der Waals surface area contributed by atoms with Crippen molar-refractivity contribution in [2.24, 2.45) is 5.92 Å². The van der Waals surface area contributed by atoms with Crippen molar-refractivity contribution in [2.75, 3.05) is 0 Å². The number of rotatable bonds is 2. The predicted molar refractivity (Wildman–Crippen MR) is 63.9 cm³/mol. The fraction of sp³-hybridized carbons (Fsp3) is 0.600. The molecule has 3 heteroatoms. The molecule has 0 N–H and O–H groups in total. The highest BCUT2D eigenvalue weighted by Gasteiger charge is 2.26. The Labute approximate surface area is 91.6 Å². The molecule has 0 nitrogen and oxygen atoms in total. The molecule has 13 heavy (non-hydrogen) atoms. The van der Waals surface area contributed by atoms with Crippen LogP contribution in [-0.2, 0) is 0 Å². The van der Waals surface area contributed by atoms with Gasteiger partial charge in [0.1, 0.15) is 0 Å². The molecule has 0 aromatic rings. The summed E-state index contributed by atoms with van der Waals surface area (Å²) in [5.74, 6) is 0.534. The van der Waals surface area contributed by atoms with Gasteiger partial charge in [-0.25, -0.2) is 0 Å². The van der Waals surface area contributed by atoms with Gasteiger partial charge in [-0.15, -0.1) is 0 Å². The molecule has 0 bridgehead atoms. The van der Waals surface area contributed by atoms with Gasteiger partial charge in [0.15, 0.2) is 0 Å². The van der Waals surface area contributed by atoms with E-state index in [4.69, 9.17) is 22.2 Å². The summed E-state index contributed by atoms with van der Waals surface area (Å²) < 4.78 is 0. The van der Waals surface area contributed by atoms with Crippen molar-refractivity contribution in [2.45, 2.75) is 33.7 Å². The summed E-state index contributed by atoms with van der Waals surface area (Å²) in [5, 5.41) is 0. The lowest BCUT2D eigenvalue weighted by Crippen LogP contribution is -2.07. The molecule has 1 aliphatic rings. The van der Waals surface area contributed by atoms with Gasteiger partial charge < -0.3 is 0 Å². The molecule has 1 rings (SSSR count). The summed E-state index contributed by atoms with van der Waals surface area (Å²) in [6, 6.07) is 0.982. The predicted octanol–water partition coefficient (Wildman–Crippen LogP) is 3.99. The quantitative estimate of drug-likeness (QED) is 0.501. The lowest BCUT2D eigenvalue weighted by atomic mass is 9.99. The molecule has 0 saturated heterocycles. The first-order valence-electron chi connectivity index (χ1n) is 4.58. The highest BCUT2D eigenvalue weighted by Crippen LogP contribution is 2.39. The van der Waals surface area contributed by atoms with Crippen molar-refractivity contribution in [3.8, 4) is 0 Å². The SMILES string of the molecule is CC1=C(C)C(C[SiH](Cl)Cl)C(C)=C1C. The Balaban J connectivity index is 2.89. The van der Waals surface area contributed by atoms with E-state index >= 15 is 0 Å². The fourth-order valence-electron chi connectivity index (χ4n) is 1.97. The third-order valence-electron chi connectivity index (χ3n) is 3.20. The lowest BCUT2D eigenvalue weighted by molar-refractivity contribution is 0.810. The Hall–Kier alpha value is 0.277. The van der Waals surface area contributed by atoms with E-state index in [1.807, 2.05) is 0 Å². The minimum Gasteiger partial charge on any atom is -0.150 e. The maximum Gasteiger partial charge on any atom is 0.237 e. The van der Waals surface area contributed by atoms with Crippen molar-refractivity contribution >= 4 is 29.6 Å². The van der Waals surface area contributed by atoms with Gasteiger partial charge in [0.05, 0.1) is 0 Å². The molecule has 0 heterocycles. The van der Waals surface area contributed by atoms with E-state index in [1.54, 1.807) is 0 Å². The van der Waals surface area contributed by atoms with Gasteiger partial charge in [-0.1, -0.05) is 11.1 Å². The summed E-state index contributed by atoms with van der Waals surface area (Å²) in [6.45, 7) is 8.77. The van der Waals surface area contributed by atoms with E-state index in [1.165, 1.54) is 22.3 Å². The molecule has 0 radical (unpaired) electrons. The molecule has 0 fully saturated rings. The maximum atomic E-state index is 5.94. The van der Waals surface area contributed by atoms with Gasteiger partial charge in [0.25, 0.3) is 0 Å². The summed E-state index contributed by atoms with van der Waals surface area (Å²) in [7, 11) is -1.48. The van der Waals surface area contributed by atoms with E-state index in [0.29, 0.717) is 5.92 Å². The highest BCUT2D eigenvalue weighted by molar-refractivity contribution is 7.33. The third-order valence-corrected chi connectivity index (χ3v) is 5.10. The molecule has 0 aromatic carbocycles. The minimum atomic E-state index is -1.48. The molecule has 0 atom stereocenters. The van der Waals surface area contributed by atoms with Crippen LogP contribution in [0, 0.1) is 5.92 Å². The molecule has 0 saturated carbocycles. The average molecular weight is 235 g/mol. The van der Waals surface area contributed by atoms with E-state index in [-0.39, 0.29) is 0 Å². The molecular weight excluding hydrogens is 219 g/mol. The first-order valence-corrected chi connectivity index (χ1v) is 8.89. The second-order valence-corrected chi connectivity index (χ2v) is 8.88. The molecule has 1 aliphatic carbocycles. The van der Waals surface area contributed by atoms with Crippen LogP contribution in [0.4, 0.5) is 0 Å². The molecule has 74 valence electrons. The van der Waals surface area contributed by atoms with Crippen molar-refractivity contribution in [3.05, 3.63) is 22.3 Å². The molecule has 0 spiro atoms. The van der Waals surface area contributed by atoms with Gasteiger partial charge in [-0.05, 0) is 44.9 Å². The summed E-state index contributed by atoms with van der Waals surface area (Å²) in [4.78, 5) is 0. The van der Waals surface area contributed by atoms with Gasteiger partial charge in [0.2, 0.25) is 7.42 Å². The fourth-order valence-corrected chi connectivity index (χ4v) is 4.10. The van der Waals surface area contributed by atoms with Crippen molar-refractivity contribution < 1.29 is 0 Å². The van der Waals surface area contributed by atoms with Crippen LogP contribution in [0.3, 0.4) is 0 Å². The third kappa shape index (κ3) is 2.20. The smallest absolute Gasteiger partial charge is 0.150 e. The van der Waals surface area contributed by atoms with Crippen molar-refractivity contribution in [1.29, 1.82) is 0 Å². The van der Waals surface area contributed by atoms with Crippen LogP contribution in [0.1, 0.15) is 27.7 Å². The Kier molecular flexibility index (Phi) is 3.67. The molecular formula is C10H16Cl2Si. The number of hydrogen-bond donors (Lipinski definition) is 0. The van der Waals surface area contributed by atoms with Gasteiger partial charge in [0, 0.05) is 5.92 Å². The Morgan fingerprint density at radius 2 is 1.38 bits per heavy atom. The second kappa shape index (κ2) is 4.20. The summed E-state index contributed by atoms with van der Waals surface area (Å²) in [5.41, 5.74) is 5.80. The Morgan fingerprint density at radius 3 is 1.69 bits per heavy atom. The maximum absolute atomic E-state index is 5.94. The topological polar surface area (TPSA) is 0 Å². The molecule has 0 aliphatic heterocycles. The zero-order valence-corrected chi connectivity index (χ0v) is 11.3. The summed E-state index contributed by atoms with van der Waals surface area (Å²) >= 11 is 11.9. The van der Waals surface area contributed by atoms with Gasteiger partial charge in [-0.2, -0.15) is 22.2 Å². The Bertz CT molecular complexity index is 253.